The van der Waals surface area contributed by atoms with Gasteiger partial charge in [-0.25, -0.2) is 4.98 Å². The molecule has 0 radical (unpaired) electrons. The van der Waals surface area contributed by atoms with Gasteiger partial charge in [-0.05, 0) is 37.8 Å². The largest absolute Gasteiger partial charge is 0.384 e. The Kier molecular flexibility index (Phi) is 3.63. The number of fused-ring (bicyclic) bond motifs is 1. The van der Waals surface area contributed by atoms with E-state index in [0.29, 0.717) is 11.3 Å². The number of hydrogen-bond donors (Lipinski definition) is 2. The van der Waals surface area contributed by atoms with E-state index in [2.05, 4.69) is 24.8 Å². The van der Waals surface area contributed by atoms with E-state index < -0.39 is 0 Å². The maximum absolute atomic E-state index is 7.88. The maximum atomic E-state index is 7.88. The highest BCUT2D eigenvalue weighted by atomic mass is 32.2. The van der Waals surface area contributed by atoms with Crippen LogP contribution in [-0.4, -0.2) is 34.4 Å². The average molecular weight is 290 g/mol. The van der Waals surface area contributed by atoms with Crippen LogP contribution >= 0.6 is 11.8 Å². The van der Waals surface area contributed by atoms with Crippen molar-refractivity contribution in [3.63, 3.8) is 0 Å². The molecule has 1 fully saturated rings. The van der Waals surface area contributed by atoms with Crippen molar-refractivity contribution in [3.05, 3.63) is 22.9 Å². The van der Waals surface area contributed by atoms with E-state index in [9.17, 15) is 0 Å². The summed E-state index contributed by atoms with van der Waals surface area (Å²) in [5.74, 6) is 2.18. The first-order valence-corrected chi connectivity index (χ1v) is 8.38. The Morgan fingerprint density at radius 3 is 3.00 bits per heavy atom. The third kappa shape index (κ3) is 2.28. The van der Waals surface area contributed by atoms with Crippen LogP contribution in [0.4, 0.5) is 5.82 Å². The summed E-state index contributed by atoms with van der Waals surface area (Å²) in [5.41, 5.74) is 9.12. The Labute approximate surface area is 124 Å². The van der Waals surface area contributed by atoms with E-state index in [1.807, 2.05) is 11.8 Å². The minimum absolute atomic E-state index is 0.139. The molecule has 20 heavy (non-hydrogen) atoms. The quantitative estimate of drug-likeness (QED) is 0.647. The van der Waals surface area contributed by atoms with Crippen molar-refractivity contribution < 1.29 is 0 Å². The molecule has 5 heteroatoms. The van der Waals surface area contributed by atoms with Gasteiger partial charge in [0, 0.05) is 29.3 Å². The Hall–Kier alpha value is -1.23. The van der Waals surface area contributed by atoms with Gasteiger partial charge >= 0.3 is 0 Å². The van der Waals surface area contributed by atoms with Crippen molar-refractivity contribution in [2.45, 2.75) is 44.4 Å². The first-order valence-electron chi connectivity index (χ1n) is 7.33. The van der Waals surface area contributed by atoms with Crippen LogP contribution in [0.1, 0.15) is 37.1 Å². The third-order valence-corrected chi connectivity index (χ3v) is 5.81. The number of amidine groups is 1. The minimum Gasteiger partial charge on any atom is -0.384 e. The lowest BCUT2D eigenvalue weighted by atomic mass is 10.1. The molecule has 0 saturated carbocycles. The van der Waals surface area contributed by atoms with Crippen molar-refractivity contribution in [2.75, 3.05) is 17.2 Å². The van der Waals surface area contributed by atoms with Gasteiger partial charge in [0.25, 0.3) is 0 Å². The van der Waals surface area contributed by atoms with Crippen molar-refractivity contribution >= 4 is 23.4 Å². The van der Waals surface area contributed by atoms with Crippen LogP contribution in [0.5, 0.6) is 0 Å². The molecule has 2 unspecified atom stereocenters. The zero-order chi connectivity index (χ0) is 14.3. The molecule has 2 atom stereocenters. The summed E-state index contributed by atoms with van der Waals surface area (Å²) < 4.78 is 0. The number of aryl methyl sites for hydroxylation is 2. The molecule has 2 heterocycles. The molecule has 0 amide bonds. The number of pyridine rings is 1. The highest BCUT2D eigenvalue weighted by molar-refractivity contribution is 8.00. The summed E-state index contributed by atoms with van der Waals surface area (Å²) in [7, 11) is 0. The van der Waals surface area contributed by atoms with E-state index in [1.165, 1.54) is 17.7 Å². The highest BCUT2D eigenvalue weighted by Crippen LogP contribution is 2.32. The number of nitrogens with two attached hydrogens (primary N) is 1. The number of rotatable bonds is 2. The molecular formula is C15H22N4S. The van der Waals surface area contributed by atoms with Gasteiger partial charge in [-0.15, -0.1) is 0 Å². The number of hydrogen-bond acceptors (Lipinski definition) is 4. The fourth-order valence-electron chi connectivity index (χ4n) is 3.11. The van der Waals surface area contributed by atoms with Crippen LogP contribution in [0.3, 0.4) is 0 Å². The van der Waals surface area contributed by atoms with Crippen molar-refractivity contribution in [1.29, 1.82) is 5.41 Å². The smallest absolute Gasteiger partial charge is 0.140 e. The normalized spacial score (nSPS) is 25.6. The summed E-state index contributed by atoms with van der Waals surface area (Å²) in [4.78, 5) is 7.22. The molecule has 1 saturated heterocycles. The summed E-state index contributed by atoms with van der Waals surface area (Å²) in [6.45, 7) is 5.50. The zero-order valence-electron chi connectivity index (χ0n) is 12.1. The molecule has 1 aromatic rings. The average Bonchev–Trinajstić information content (AvgIpc) is 2.87. The highest BCUT2D eigenvalue weighted by Gasteiger charge is 2.29. The fourth-order valence-corrected chi connectivity index (χ4v) is 4.21. The summed E-state index contributed by atoms with van der Waals surface area (Å²) >= 11 is 2.01. The Balaban J connectivity index is 2.05. The van der Waals surface area contributed by atoms with Crippen LogP contribution < -0.4 is 10.6 Å². The predicted octanol–water partition coefficient (Wildman–Crippen LogP) is 2.18. The number of aromatic nitrogens is 1. The van der Waals surface area contributed by atoms with Gasteiger partial charge in [0.05, 0.1) is 5.56 Å². The summed E-state index contributed by atoms with van der Waals surface area (Å²) in [6.07, 6.45) is 3.31. The number of nitrogens with zero attached hydrogens (tertiary/aromatic N) is 2. The molecule has 3 rings (SSSR count). The van der Waals surface area contributed by atoms with Crippen LogP contribution in [0.25, 0.3) is 0 Å². The Morgan fingerprint density at radius 2 is 2.25 bits per heavy atom. The van der Waals surface area contributed by atoms with Gasteiger partial charge in [-0.1, -0.05) is 6.92 Å². The number of nitrogens with one attached hydrogen (secondary N) is 1. The molecule has 0 bridgehead atoms. The van der Waals surface area contributed by atoms with Crippen molar-refractivity contribution in [2.24, 2.45) is 5.73 Å². The topological polar surface area (TPSA) is 66.0 Å². The standard InChI is InChI=1S/C15H22N4S/c1-9-10(2)20-7-6-19(9)15-12(14(16)17)8-11-4-3-5-13(11)18-15/h8-10H,3-7H2,1-2H3,(H3,16,17). The second kappa shape index (κ2) is 5.28. The summed E-state index contributed by atoms with van der Waals surface area (Å²) in [6, 6.07) is 2.53. The van der Waals surface area contributed by atoms with E-state index in [4.69, 9.17) is 16.1 Å². The second-order valence-corrected chi connectivity index (χ2v) is 7.23. The molecule has 108 valence electrons. The van der Waals surface area contributed by atoms with E-state index in [-0.39, 0.29) is 5.84 Å². The second-order valence-electron chi connectivity index (χ2n) is 5.74. The third-order valence-electron chi connectivity index (χ3n) is 4.48. The lowest BCUT2D eigenvalue weighted by Crippen LogP contribution is -2.46. The van der Waals surface area contributed by atoms with Gasteiger partial charge in [-0.2, -0.15) is 11.8 Å². The first-order chi connectivity index (χ1) is 9.58. The van der Waals surface area contributed by atoms with Crippen LogP contribution in [0.2, 0.25) is 0 Å². The van der Waals surface area contributed by atoms with Crippen LogP contribution in [-0.2, 0) is 12.8 Å². The molecule has 0 spiro atoms. The number of nitrogen functional groups attached to an aromatic ring is 1. The SMILES string of the molecule is CC1SCCN(c2nc3c(cc2C(=N)N)CCC3)C1C. The molecule has 1 aromatic heterocycles. The predicted molar refractivity (Wildman–Crippen MR) is 86.0 cm³/mol. The zero-order valence-corrected chi connectivity index (χ0v) is 13.0. The van der Waals surface area contributed by atoms with Crippen molar-refractivity contribution in [3.8, 4) is 0 Å². The van der Waals surface area contributed by atoms with E-state index in [1.54, 1.807) is 0 Å². The van der Waals surface area contributed by atoms with Gasteiger partial charge in [-0.3, -0.25) is 5.41 Å². The summed E-state index contributed by atoms with van der Waals surface area (Å²) in [5, 5.41) is 8.46. The molecular weight excluding hydrogens is 268 g/mol. The van der Waals surface area contributed by atoms with Crippen molar-refractivity contribution in [1.82, 2.24) is 4.98 Å². The van der Waals surface area contributed by atoms with Crippen LogP contribution in [0, 0.1) is 5.41 Å². The Bertz CT molecular complexity index is 543. The first kappa shape index (κ1) is 13.7. The minimum atomic E-state index is 0.139. The molecule has 4 nitrogen and oxygen atoms in total. The van der Waals surface area contributed by atoms with Gasteiger partial charge in [0.2, 0.25) is 0 Å². The van der Waals surface area contributed by atoms with Gasteiger partial charge in [0.1, 0.15) is 11.7 Å². The number of thioether (sulfide) groups is 1. The lowest BCUT2D eigenvalue weighted by Gasteiger charge is -2.39. The lowest BCUT2D eigenvalue weighted by molar-refractivity contribution is 0.619. The Morgan fingerprint density at radius 1 is 1.45 bits per heavy atom. The van der Waals surface area contributed by atoms with Gasteiger partial charge < -0.3 is 10.6 Å². The van der Waals surface area contributed by atoms with Gasteiger partial charge in [0.15, 0.2) is 0 Å². The maximum Gasteiger partial charge on any atom is 0.140 e. The van der Waals surface area contributed by atoms with Crippen LogP contribution in [0.15, 0.2) is 6.07 Å². The molecule has 1 aliphatic heterocycles. The van der Waals surface area contributed by atoms with E-state index in [0.717, 1.165) is 36.5 Å². The molecule has 2 aliphatic rings. The monoisotopic (exact) mass is 290 g/mol. The molecule has 1 aliphatic carbocycles. The molecule has 0 aromatic carbocycles. The van der Waals surface area contributed by atoms with E-state index >= 15 is 0 Å². The molecule has 3 N–H and O–H groups in total. The number of anilines is 1. The fraction of sp³-hybridized carbons (Fsp3) is 0.600.